The van der Waals surface area contributed by atoms with Crippen LogP contribution in [0.2, 0.25) is 5.02 Å². The maximum Gasteiger partial charge on any atom is 0.338 e. The van der Waals surface area contributed by atoms with E-state index in [2.05, 4.69) is 5.32 Å². The van der Waals surface area contributed by atoms with Crippen molar-refractivity contribution in [3.05, 3.63) is 47.0 Å². The van der Waals surface area contributed by atoms with Gasteiger partial charge in [-0.15, -0.1) is 11.8 Å². The molecule has 0 aromatic heterocycles. The van der Waals surface area contributed by atoms with E-state index in [1.807, 2.05) is 31.4 Å². The van der Waals surface area contributed by atoms with Gasteiger partial charge in [0.2, 0.25) is 0 Å². The van der Waals surface area contributed by atoms with E-state index >= 15 is 0 Å². The Morgan fingerprint density at radius 3 is 2.63 bits per heavy atom. The molecule has 0 heterocycles. The number of carbonyl (C=O) groups excluding carboxylic acids is 2. The summed E-state index contributed by atoms with van der Waals surface area (Å²) in [7, 11) is 1.44. The van der Waals surface area contributed by atoms with Crippen LogP contribution in [-0.2, 0) is 9.53 Å². The lowest BCUT2D eigenvalue weighted by atomic mass is 10.2. The third kappa shape index (κ3) is 5.55. The van der Waals surface area contributed by atoms with Crippen LogP contribution in [0.25, 0.3) is 0 Å². The first kappa shape index (κ1) is 20.9. The molecule has 0 spiro atoms. The number of para-hydroxylation sites is 1. The number of anilines is 1. The molecule has 144 valence electrons. The van der Waals surface area contributed by atoms with Gasteiger partial charge >= 0.3 is 5.97 Å². The molecular formula is C19H20ClNO5S. The smallest absolute Gasteiger partial charge is 0.338 e. The van der Waals surface area contributed by atoms with Gasteiger partial charge in [-0.05, 0) is 37.4 Å². The van der Waals surface area contributed by atoms with Crippen molar-refractivity contribution in [2.24, 2.45) is 0 Å². The number of benzene rings is 2. The number of methoxy groups -OCH3 is 1. The molecule has 0 aliphatic carbocycles. The summed E-state index contributed by atoms with van der Waals surface area (Å²) in [4.78, 5) is 25.2. The van der Waals surface area contributed by atoms with E-state index in [9.17, 15) is 9.59 Å². The fourth-order valence-electron chi connectivity index (χ4n) is 2.27. The van der Waals surface area contributed by atoms with Crippen LogP contribution in [0.1, 0.15) is 17.3 Å². The van der Waals surface area contributed by atoms with Gasteiger partial charge in [-0.3, -0.25) is 4.79 Å². The number of esters is 1. The zero-order valence-corrected chi connectivity index (χ0v) is 16.8. The van der Waals surface area contributed by atoms with Gasteiger partial charge in [-0.25, -0.2) is 4.79 Å². The van der Waals surface area contributed by atoms with Crippen LogP contribution in [0.3, 0.4) is 0 Å². The lowest BCUT2D eigenvalue weighted by Gasteiger charge is -2.13. The van der Waals surface area contributed by atoms with E-state index in [0.29, 0.717) is 23.8 Å². The predicted octanol–water partition coefficient (Wildman–Crippen LogP) is 4.26. The second kappa shape index (κ2) is 10.1. The highest BCUT2D eigenvalue weighted by atomic mass is 35.5. The topological polar surface area (TPSA) is 73.9 Å². The van der Waals surface area contributed by atoms with Crippen LogP contribution < -0.4 is 14.8 Å². The summed E-state index contributed by atoms with van der Waals surface area (Å²) in [6.45, 7) is 1.79. The summed E-state index contributed by atoms with van der Waals surface area (Å²) >= 11 is 7.65. The maximum absolute atomic E-state index is 12.3. The quantitative estimate of drug-likeness (QED) is 0.518. The molecule has 0 bridgehead atoms. The molecule has 27 heavy (non-hydrogen) atoms. The Morgan fingerprint density at radius 2 is 1.96 bits per heavy atom. The van der Waals surface area contributed by atoms with Gasteiger partial charge < -0.3 is 19.5 Å². The van der Waals surface area contributed by atoms with Crippen molar-refractivity contribution in [1.29, 1.82) is 0 Å². The standard InChI is InChI=1S/C19H20ClNO5S/c1-4-25-18-13(20)9-12(10-15(18)24-2)19(23)26-11-17(22)21-14-7-5-6-8-16(14)27-3/h5-10H,4,11H2,1-3H3,(H,21,22). The van der Waals surface area contributed by atoms with Gasteiger partial charge in [-0.1, -0.05) is 23.7 Å². The van der Waals surface area contributed by atoms with Gasteiger partial charge in [0, 0.05) is 4.90 Å². The first-order valence-corrected chi connectivity index (χ1v) is 9.70. The van der Waals surface area contributed by atoms with Gasteiger partial charge in [0.15, 0.2) is 18.1 Å². The molecule has 1 amide bonds. The number of halogens is 1. The average Bonchev–Trinajstić information content (AvgIpc) is 2.67. The van der Waals surface area contributed by atoms with Crippen LogP contribution >= 0.6 is 23.4 Å². The number of nitrogens with one attached hydrogen (secondary N) is 1. The van der Waals surface area contributed by atoms with E-state index in [0.717, 1.165) is 4.90 Å². The molecule has 0 atom stereocenters. The van der Waals surface area contributed by atoms with Crippen LogP contribution in [0.15, 0.2) is 41.3 Å². The van der Waals surface area contributed by atoms with Gasteiger partial charge in [0.05, 0.1) is 30.0 Å². The molecule has 0 aliphatic rings. The van der Waals surface area contributed by atoms with Gasteiger partial charge in [0.1, 0.15) is 0 Å². The minimum Gasteiger partial charge on any atom is -0.493 e. The molecule has 2 aromatic carbocycles. The Bertz CT molecular complexity index is 828. The van der Waals surface area contributed by atoms with Crippen molar-refractivity contribution in [2.45, 2.75) is 11.8 Å². The number of ether oxygens (including phenoxy) is 3. The van der Waals surface area contributed by atoms with Gasteiger partial charge in [-0.2, -0.15) is 0 Å². The summed E-state index contributed by atoms with van der Waals surface area (Å²) < 4.78 is 15.7. The van der Waals surface area contributed by atoms with Crippen LogP contribution in [0.5, 0.6) is 11.5 Å². The van der Waals surface area contributed by atoms with Crippen LogP contribution in [-0.4, -0.2) is 38.5 Å². The number of thioether (sulfide) groups is 1. The highest BCUT2D eigenvalue weighted by molar-refractivity contribution is 7.98. The molecule has 6 nitrogen and oxygen atoms in total. The summed E-state index contributed by atoms with van der Waals surface area (Å²) in [5.41, 5.74) is 0.828. The molecular weight excluding hydrogens is 390 g/mol. The predicted molar refractivity (Wildman–Crippen MR) is 106 cm³/mol. The first-order chi connectivity index (χ1) is 13.0. The monoisotopic (exact) mass is 409 g/mol. The number of hydrogen-bond acceptors (Lipinski definition) is 6. The summed E-state index contributed by atoms with van der Waals surface area (Å²) in [5.74, 6) is -0.459. The molecule has 8 heteroatoms. The van der Waals surface area contributed by atoms with E-state index in [4.69, 9.17) is 25.8 Å². The SMILES string of the molecule is CCOc1c(Cl)cc(C(=O)OCC(=O)Nc2ccccc2SC)cc1OC. The summed E-state index contributed by atoms with van der Waals surface area (Å²) in [6.07, 6.45) is 1.91. The molecule has 0 unspecified atom stereocenters. The van der Waals surface area contributed by atoms with Crippen molar-refractivity contribution in [3.8, 4) is 11.5 Å². The summed E-state index contributed by atoms with van der Waals surface area (Å²) in [6, 6.07) is 10.2. The van der Waals surface area contributed by atoms with Crippen LogP contribution in [0.4, 0.5) is 5.69 Å². The molecule has 1 N–H and O–H groups in total. The van der Waals surface area contributed by atoms with Crippen molar-refractivity contribution in [2.75, 3.05) is 31.9 Å². The van der Waals surface area contributed by atoms with Crippen molar-refractivity contribution in [1.82, 2.24) is 0 Å². The second-order valence-electron chi connectivity index (χ2n) is 5.25. The minimum absolute atomic E-state index is 0.164. The Kier molecular flexibility index (Phi) is 7.82. The average molecular weight is 410 g/mol. The van der Waals surface area contributed by atoms with Crippen LogP contribution in [0, 0.1) is 0 Å². The van der Waals surface area contributed by atoms with E-state index in [-0.39, 0.29) is 10.6 Å². The third-order valence-electron chi connectivity index (χ3n) is 3.47. The highest BCUT2D eigenvalue weighted by Gasteiger charge is 2.18. The largest absolute Gasteiger partial charge is 0.493 e. The normalized spacial score (nSPS) is 10.2. The van der Waals surface area contributed by atoms with Crippen molar-refractivity contribution < 1.29 is 23.8 Å². The van der Waals surface area contributed by atoms with E-state index in [1.165, 1.54) is 31.0 Å². The fourth-order valence-corrected chi connectivity index (χ4v) is 3.09. The molecule has 0 radical (unpaired) electrons. The Labute approximate surface area is 167 Å². The molecule has 2 aromatic rings. The summed E-state index contributed by atoms with van der Waals surface area (Å²) in [5, 5.41) is 2.94. The number of hydrogen-bond donors (Lipinski definition) is 1. The molecule has 0 saturated heterocycles. The van der Waals surface area contributed by atoms with Crippen molar-refractivity contribution in [3.63, 3.8) is 0 Å². The van der Waals surface area contributed by atoms with E-state index in [1.54, 1.807) is 6.07 Å². The molecule has 0 aliphatic heterocycles. The molecule has 0 fully saturated rings. The Balaban J connectivity index is 2.03. The lowest BCUT2D eigenvalue weighted by molar-refractivity contribution is -0.119. The first-order valence-electron chi connectivity index (χ1n) is 8.10. The highest BCUT2D eigenvalue weighted by Crippen LogP contribution is 2.36. The number of amides is 1. The van der Waals surface area contributed by atoms with Gasteiger partial charge in [0.25, 0.3) is 5.91 Å². The third-order valence-corrected chi connectivity index (χ3v) is 4.55. The minimum atomic E-state index is -0.688. The zero-order valence-electron chi connectivity index (χ0n) is 15.2. The Morgan fingerprint density at radius 1 is 1.22 bits per heavy atom. The molecule has 2 rings (SSSR count). The Hall–Kier alpha value is -2.38. The number of carbonyl (C=O) groups is 2. The van der Waals surface area contributed by atoms with E-state index < -0.39 is 18.5 Å². The lowest BCUT2D eigenvalue weighted by Crippen LogP contribution is -2.21. The van der Waals surface area contributed by atoms with Crippen molar-refractivity contribution >= 4 is 40.9 Å². The fraction of sp³-hybridized carbons (Fsp3) is 0.263. The number of rotatable bonds is 8. The second-order valence-corrected chi connectivity index (χ2v) is 6.50. The molecule has 0 saturated carbocycles. The zero-order chi connectivity index (χ0) is 19.8. The maximum atomic E-state index is 12.3.